The Morgan fingerprint density at radius 2 is 0.439 bits per heavy atom. The molecule has 4 heteroatoms. The second kappa shape index (κ2) is 33.6. The van der Waals surface area contributed by atoms with Crippen LogP contribution in [-0.2, 0) is 6.18 Å². The van der Waals surface area contributed by atoms with Gasteiger partial charge in [-0.15, -0.1) is 0 Å². The average molecular weight is 1690 g/mol. The number of nitriles is 1. The number of nitrogens with zero attached hydrogens (tertiary/aromatic N) is 1. The van der Waals surface area contributed by atoms with Gasteiger partial charge in [-0.1, -0.05) is 437 Å². The largest absolute Gasteiger partial charge is 0.416 e. The van der Waals surface area contributed by atoms with Crippen molar-refractivity contribution in [2.75, 3.05) is 0 Å². The van der Waals surface area contributed by atoms with E-state index in [0.29, 0.717) is 5.56 Å². The van der Waals surface area contributed by atoms with E-state index in [1.165, 1.54) is 209 Å². The molecule has 0 radical (unpaired) electrons. The zero-order valence-corrected chi connectivity index (χ0v) is 71.8. The fourth-order valence-electron chi connectivity index (χ4n) is 20.6. The predicted molar refractivity (Wildman–Crippen MR) is 553 cm³/mol. The third kappa shape index (κ3) is 14.3. The van der Waals surface area contributed by atoms with E-state index in [1.54, 1.807) is 0 Å². The molecule has 0 aromatic heterocycles. The van der Waals surface area contributed by atoms with Crippen molar-refractivity contribution in [2.24, 2.45) is 0 Å². The number of hydrogen-bond acceptors (Lipinski definition) is 1. The minimum atomic E-state index is -4.35. The summed E-state index contributed by atoms with van der Waals surface area (Å²) in [5, 5.41) is 36.6. The minimum Gasteiger partial charge on any atom is -0.192 e. The summed E-state index contributed by atoms with van der Waals surface area (Å²) in [4.78, 5) is 0. The Balaban J connectivity index is 0.000000113. The second-order valence-electron chi connectivity index (χ2n) is 34.0. The Morgan fingerprint density at radius 1 is 0.159 bits per heavy atom. The van der Waals surface area contributed by atoms with E-state index in [2.05, 4.69) is 425 Å². The zero-order valence-electron chi connectivity index (χ0n) is 71.8. The highest BCUT2D eigenvalue weighted by atomic mass is 19.4. The van der Waals surface area contributed by atoms with Crippen molar-refractivity contribution in [3.05, 3.63) is 496 Å². The molecule has 25 rings (SSSR count). The molecule has 132 heavy (non-hydrogen) atoms. The van der Waals surface area contributed by atoms with Gasteiger partial charge in [-0.3, -0.25) is 0 Å². The van der Waals surface area contributed by atoms with Crippen molar-refractivity contribution in [1.29, 1.82) is 5.26 Å². The highest BCUT2D eigenvalue weighted by Gasteiger charge is 2.31. The first-order chi connectivity index (χ1) is 65.1. The lowest BCUT2D eigenvalue weighted by Gasteiger charge is -2.21. The molecule has 0 saturated heterocycles. The third-order valence-corrected chi connectivity index (χ3v) is 26.6. The molecule has 618 valence electrons. The number of benzene rings is 25. The van der Waals surface area contributed by atoms with Crippen molar-refractivity contribution in [1.82, 2.24) is 0 Å². The maximum atomic E-state index is 13.1. The van der Waals surface area contributed by atoms with Crippen LogP contribution in [0, 0.1) is 11.3 Å². The Bertz CT molecular complexity index is 8590. The third-order valence-electron chi connectivity index (χ3n) is 26.6. The maximum Gasteiger partial charge on any atom is 0.416 e. The SMILES string of the molecule is FC(F)(F)c1ccc(-c2ccc(-c3c4ccccc4c(-c4ccc(-c5ccccc5)c5ccccc45)c4ccccc34)cc2)cc1.N#Cc1ccc(-c2ccc(-c3c4ccccc4c(-c4cccc5ccccc45)c4ccccc34)cc2)cc1.c1ccc(-c2cc(-c3ccccc3)cc(-c3c4ccccc4c(-c4cc5cccc6ccc7cccc4c7c65)c4ccccc34)c2)cc1. The maximum absolute atomic E-state index is 13.1. The van der Waals surface area contributed by atoms with Gasteiger partial charge in [-0.05, 0) is 289 Å². The molecule has 0 spiro atoms. The number of hydrogen-bond donors (Lipinski definition) is 0. The molecule has 0 heterocycles. The molecule has 0 aliphatic heterocycles. The first-order valence-corrected chi connectivity index (χ1v) is 44.8. The van der Waals surface area contributed by atoms with E-state index in [1.807, 2.05) is 42.5 Å². The lowest BCUT2D eigenvalue weighted by Crippen LogP contribution is -2.03. The summed E-state index contributed by atoms with van der Waals surface area (Å²) >= 11 is 0. The molecule has 0 aliphatic carbocycles. The van der Waals surface area contributed by atoms with Gasteiger partial charge in [0.2, 0.25) is 0 Å². The summed E-state index contributed by atoms with van der Waals surface area (Å²) in [6.07, 6.45) is -4.35. The molecule has 0 N–H and O–H groups in total. The van der Waals surface area contributed by atoms with Crippen LogP contribution in [0.25, 0.3) is 241 Å². The summed E-state index contributed by atoms with van der Waals surface area (Å²) in [5.74, 6) is 0. The van der Waals surface area contributed by atoms with Gasteiger partial charge >= 0.3 is 6.18 Å². The standard InChI is InChI=1S/C48H30.C43H27F3.C37H23N/c1-3-13-31(14-4-1)36-27-37(32-15-5-2-6-16-32)29-38(28-36)46-39-20-7-9-22-41(39)48(42-23-10-8-21-40(42)46)44-30-35-19-11-17-33-25-26-34-18-12-24-43(44)47(34)45(33)35;44-43(45,46)32-24-22-29(23-25-32)28-18-20-31(21-19-28)41-36-14-6-8-16-38(36)42(39-17-9-7-15-37(39)41)40-27-26-33(30-10-2-1-3-11-30)34-12-4-5-13-35(34)40;38-24-25-16-18-26(19-17-25)27-20-22-29(23-21-27)36-32-11-3-5-13-34(32)37(35-14-6-4-12-33(35)36)31-15-7-9-28-8-1-2-10-30(28)31/h1-30H;1-27H;1-23H. The Morgan fingerprint density at radius 3 is 0.879 bits per heavy atom. The second-order valence-corrected chi connectivity index (χ2v) is 34.0. The molecule has 0 saturated carbocycles. The molecule has 0 atom stereocenters. The van der Waals surface area contributed by atoms with Gasteiger partial charge in [-0.25, -0.2) is 0 Å². The fourth-order valence-corrected chi connectivity index (χ4v) is 20.6. The minimum absolute atomic E-state index is 0.645. The van der Waals surface area contributed by atoms with Gasteiger partial charge in [0.25, 0.3) is 0 Å². The Hall–Kier alpha value is -17.1. The molecule has 25 aromatic carbocycles. The van der Waals surface area contributed by atoms with Crippen LogP contribution in [0.5, 0.6) is 0 Å². The summed E-state index contributed by atoms with van der Waals surface area (Å²) in [5.41, 5.74) is 25.8. The number of alkyl halides is 3. The van der Waals surface area contributed by atoms with Crippen LogP contribution in [0.4, 0.5) is 13.2 Å². The van der Waals surface area contributed by atoms with Gasteiger partial charge in [0.1, 0.15) is 0 Å². The zero-order chi connectivity index (χ0) is 88.3. The predicted octanol–water partition coefficient (Wildman–Crippen LogP) is 36.4. The lowest BCUT2D eigenvalue weighted by molar-refractivity contribution is -0.137. The van der Waals surface area contributed by atoms with Crippen molar-refractivity contribution in [3.8, 4) is 128 Å². The molecule has 0 aliphatic rings. The van der Waals surface area contributed by atoms with Gasteiger partial charge in [-0.2, -0.15) is 18.4 Å². The van der Waals surface area contributed by atoms with Crippen LogP contribution in [-0.4, -0.2) is 0 Å². The van der Waals surface area contributed by atoms with Gasteiger partial charge in [0, 0.05) is 0 Å². The topological polar surface area (TPSA) is 23.8 Å². The van der Waals surface area contributed by atoms with Crippen LogP contribution in [0.1, 0.15) is 11.1 Å². The van der Waals surface area contributed by atoms with Crippen LogP contribution in [0.2, 0.25) is 0 Å². The van der Waals surface area contributed by atoms with Crippen molar-refractivity contribution in [2.45, 2.75) is 6.18 Å². The quantitative estimate of drug-likeness (QED) is 0.0935. The summed E-state index contributed by atoms with van der Waals surface area (Å²) < 4.78 is 39.4. The van der Waals surface area contributed by atoms with Crippen LogP contribution >= 0.6 is 0 Å². The van der Waals surface area contributed by atoms with E-state index in [-0.39, 0.29) is 0 Å². The molecule has 0 amide bonds. The molecular formula is C128H80F3N. The molecule has 0 unspecified atom stereocenters. The molecule has 0 fully saturated rings. The fraction of sp³-hybridized carbons (Fsp3) is 0.00781. The summed E-state index contributed by atoms with van der Waals surface area (Å²) in [7, 11) is 0. The lowest BCUT2D eigenvalue weighted by atomic mass is 9.82. The molecule has 0 bridgehead atoms. The Labute approximate surface area is 762 Å². The van der Waals surface area contributed by atoms with E-state index in [9.17, 15) is 13.2 Å². The summed E-state index contributed by atoms with van der Waals surface area (Å²) in [6, 6.07) is 173. The smallest absolute Gasteiger partial charge is 0.192 e. The van der Waals surface area contributed by atoms with Crippen LogP contribution in [0.3, 0.4) is 0 Å². The monoisotopic (exact) mass is 1690 g/mol. The number of halogens is 3. The van der Waals surface area contributed by atoms with Gasteiger partial charge < -0.3 is 0 Å². The van der Waals surface area contributed by atoms with Crippen LogP contribution < -0.4 is 0 Å². The Kier molecular flexibility index (Phi) is 20.2. The summed E-state index contributed by atoms with van der Waals surface area (Å²) in [6.45, 7) is 0. The first kappa shape index (κ1) is 79.5. The first-order valence-electron chi connectivity index (χ1n) is 44.8. The number of rotatable bonds is 11. The van der Waals surface area contributed by atoms with E-state index >= 15 is 0 Å². The van der Waals surface area contributed by atoms with Crippen molar-refractivity contribution < 1.29 is 13.2 Å². The average Bonchev–Trinajstić information content (AvgIpc) is 0.729. The van der Waals surface area contributed by atoms with Crippen molar-refractivity contribution >= 4 is 118 Å². The van der Waals surface area contributed by atoms with E-state index in [0.717, 1.165) is 56.3 Å². The van der Waals surface area contributed by atoms with Gasteiger partial charge in [0.15, 0.2) is 0 Å². The van der Waals surface area contributed by atoms with E-state index < -0.39 is 11.7 Å². The highest BCUT2D eigenvalue weighted by molar-refractivity contribution is 6.32. The normalized spacial score (nSPS) is 11.6. The van der Waals surface area contributed by atoms with Gasteiger partial charge in [0.05, 0.1) is 17.2 Å². The highest BCUT2D eigenvalue weighted by Crippen LogP contribution is 2.53. The van der Waals surface area contributed by atoms with E-state index in [4.69, 9.17) is 5.26 Å². The number of fused-ring (bicyclic) bond motifs is 8. The molecular weight excluding hydrogens is 1610 g/mol. The van der Waals surface area contributed by atoms with Crippen molar-refractivity contribution in [3.63, 3.8) is 0 Å². The molecule has 25 aromatic rings. The molecule has 1 nitrogen and oxygen atoms in total. The van der Waals surface area contributed by atoms with Crippen LogP contribution in [0.15, 0.2) is 485 Å².